The van der Waals surface area contributed by atoms with Crippen LogP contribution in [0.5, 0.6) is 0 Å². The van der Waals surface area contributed by atoms with Gasteiger partial charge in [0.05, 0.1) is 0 Å². The lowest BCUT2D eigenvalue weighted by molar-refractivity contribution is 0.213. The van der Waals surface area contributed by atoms with Crippen molar-refractivity contribution in [3.05, 3.63) is 29.8 Å². The van der Waals surface area contributed by atoms with Gasteiger partial charge in [0, 0.05) is 18.3 Å². The fourth-order valence-corrected chi connectivity index (χ4v) is 1.73. The number of anilines is 1. The number of hydrogen-bond acceptors (Lipinski definition) is 2. The average Bonchev–Trinajstić information content (AvgIpc) is 2.17. The van der Waals surface area contributed by atoms with Crippen molar-refractivity contribution in [2.24, 2.45) is 0 Å². The van der Waals surface area contributed by atoms with Crippen molar-refractivity contribution >= 4 is 5.69 Å². The number of nitrogens with zero attached hydrogens (tertiary/aromatic N) is 1. The summed E-state index contributed by atoms with van der Waals surface area (Å²) in [6, 6.07) is 8.75. The highest BCUT2D eigenvalue weighted by Crippen LogP contribution is 2.11. The minimum atomic E-state index is 0.589. The molecule has 1 aromatic carbocycles. The molecule has 0 atom stereocenters. The highest BCUT2D eigenvalue weighted by atomic mass is 15.1. The van der Waals surface area contributed by atoms with E-state index in [4.69, 9.17) is 5.73 Å². The molecule has 0 spiro atoms. The quantitative estimate of drug-likeness (QED) is 0.751. The lowest BCUT2D eigenvalue weighted by atomic mass is 10.1. The summed E-state index contributed by atoms with van der Waals surface area (Å²) in [6.07, 6.45) is 1.19. The molecule has 0 radical (unpaired) electrons. The molecule has 2 N–H and O–H groups in total. The summed E-state index contributed by atoms with van der Waals surface area (Å²) in [5.41, 5.74) is 7.92. The van der Waals surface area contributed by atoms with Gasteiger partial charge in [-0.25, -0.2) is 0 Å². The molecule has 15 heavy (non-hydrogen) atoms. The number of nitrogen functional groups attached to an aromatic ring is 1. The molecule has 0 heterocycles. The van der Waals surface area contributed by atoms with E-state index < -0.39 is 0 Å². The SMILES string of the molecule is CCCN(Cc1cccc(N)c1)C(C)C. The fourth-order valence-electron chi connectivity index (χ4n) is 1.73. The van der Waals surface area contributed by atoms with Crippen molar-refractivity contribution in [2.75, 3.05) is 12.3 Å². The highest BCUT2D eigenvalue weighted by Gasteiger charge is 2.08. The maximum atomic E-state index is 5.77. The molecule has 0 saturated heterocycles. The number of nitrogens with two attached hydrogens (primary N) is 1. The van der Waals surface area contributed by atoms with Crippen LogP contribution in [0.15, 0.2) is 24.3 Å². The molecule has 1 aromatic rings. The number of hydrogen-bond donors (Lipinski definition) is 1. The van der Waals surface area contributed by atoms with Gasteiger partial charge in [-0.15, -0.1) is 0 Å². The minimum absolute atomic E-state index is 0.589. The van der Waals surface area contributed by atoms with E-state index in [-0.39, 0.29) is 0 Å². The monoisotopic (exact) mass is 206 g/mol. The van der Waals surface area contributed by atoms with E-state index in [1.807, 2.05) is 12.1 Å². The van der Waals surface area contributed by atoms with Crippen molar-refractivity contribution in [3.8, 4) is 0 Å². The molecule has 0 amide bonds. The highest BCUT2D eigenvalue weighted by molar-refractivity contribution is 5.40. The first kappa shape index (κ1) is 12.1. The Labute approximate surface area is 93.1 Å². The normalized spacial score (nSPS) is 11.3. The van der Waals surface area contributed by atoms with Crippen molar-refractivity contribution in [3.63, 3.8) is 0 Å². The Kier molecular flexibility index (Phi) is 4.63. The van der Waals surface area contributed by atoms with Crippen LogP contribution in [0.1, 0.15) is 32.8 Å². The van der Waals surface area contributed by atoms with E-state index in [2.05, 4.69) is 37.8 Å². The Bertz CT molecular complexity index is 294. The summed E-state index contributed by atoms with van der Waals surface area (Å²) in [5, 5.41) is 0. The van der Waals surface area contributed by atoms with Crippen LogP contribution in [-0.4, -0.2) is 17.5 Å². The smallest absolute Gasteiger partial charge is 0.0317 e. The summed E-state index contributed by atoms with van der Waals surface area (Å²) in [7, 11) is 0. The van der Waals surface area contributed by atoms with Crippen LogP contribution in [0, 0.1) is 0 Å². The molecular formula is C13H22N2. The topological polar surface area (TPSA) is 29.3 Å². The number of rotatable bonds is 5. The second kappa shape index (κ2) is 5.76. The lowest BCUT2D eigenvalue weighted by Crippen LogP contribution is -2.30. The molecule has 0 bridgehead atoms. The van der Waals surface area contributed by atoms with Gasteiger partial charge in [-0.1, -0.05) is 19.1 Å². The third-order valence-corrected chi connectivity index (χ3v) is 2.58. The van der Waals surface area contributed by atoms with Crippen molar-refractivity contribution in [1.29, 1.82) is 0 Å². The summed E-state index contributed by atoms with van der Waals surface area (Å²) in [6.45, 7) is 8.83. The lowest BCUT2D eigenvalue weighted by Gasteiger charge is -2.26. The zero-order valence-corrected chi connectivity index (χ0v) is 10.0. The van der Waals surface area contributed by atoms with E-state index in [0.29, 0.717) is 6.04 Å². The van der Waals surface area contributed by atoms with Crippen LogP contribution < -0.4 is 5.73 Å². The maximum absolute atomic E-state index is 5.77. The molecule has 0 aliphatic carbocycles. The molecule has 0 saturated carbocycles. The summed E-state index contributed by atoms with van der Waals surface area (Å²) >= 11 is 0. The van der Waals surface area contributed by atoms with Gasteiger partial charge >= 0.3 is 0 Å². The molecule has 2 nitrogen and oxygen atoms in total. The predicted molar refractivity (Wildman–Crippen MR) is 66.7 cm³/mol. The van der Waals surface area contributed by atoms with Crippen LogP contribution in [0.3, 0.4) is 0 Å². The van der Waals surface area contributed by atoms with Gasteiger partial charge < -0.3 is 5.73 Å². The number of benzene rings is 1. The molecule has 0 aromatic heterocycles. The summed E-state index contributed by atoms with van der Waals surface area (Å²) < 4.78 is 0. The van der Waals surface area contributed by atoms with E-state index in [1.54, 1.807) is 0 Å². The Balaban J connectivity index is 2.65. The van der Waals surface area contributed by atoms with E-state index in [9.17, 15) is 0 Å². The Hall–Kier alpha value is -1.02. The first-order valence-corrected chi connectivity index (χ1v) is 5.72. The molecule has 1 rings (SSSR count). The van der Waals surface area contributed by atoms with Gasteiger partial charge in [0.2, 0.25) is 0 Å². The summed E-state index contributed by atoms with van der Waals surface area (Å²) in [5.74, 6) is 0. The van der Waals surface area contributed by atoms with Gasteiger partial charge in [-0.05, 0) is 44.5 Å². The largest absolute Gasteiger partial charge is 0.399 e. The van der Waals surface area contributed by atoms with Gasteiger partial charge in [-0.2, -0.15) is 0 Å². The van der Waals surface area contributed by atoms with Gasteiger partial charge in [0.1, 0.15) is 0 Å². The predicted octanol–water partition coefficient (Wildman–Crippen LogP) is 2.89. The van der Waals surface area contributed by atoms with Crippen LogP contribution >= 0.6 is 0 Å². The molecule has 0 fully saturated rings. The standard InChI is InChI=1S/C13H22N2/c1-4-8-15(11(2)3)10-12-6-5-7-13(14)9-12/h5-7,9,11H,4,8,10,14H2,1-3H3. The van der Waals surface area contributed by atoms with Gasteiger partial charge in [0.15, 0.2) is 0 Å². The van der Waals surface area contributed by atoms with Crippen molar-refractivity contribution in [2.45, 2.75) is 39.8 Å². The van der Waals surface area contributed by atoms with Crippen molar-refractivity contribution in [1.82, 2.24) is 4.90 Å². The molecule has 0 unspecified atom stereocenters. The van der Waals surface area contributed by atoms with E-state index in [0.717, 1.165) is 18.8 Å². The molecular weight excluding hydrogens is 184 g/mol. The minimum Gasteiger partial charge on any atom is -0.399 e. The van der Waals surface area contributed by atoms with Crippen molar-refractivity contribution < 1.29 is 0 Å². The molecule has 2 heteroatoms. The maximum Gasteiger partial charge on any atom is 0.0317 e. The molecule has 0 aliphatic rings. The third-order valence-electron chi connectivity index (χ3n) is 2.58. The van der Waals surface area contributed by atoms with Crippen LogP contribution in [0.4, 0.5) is 5.69 Å². The zero-order chi connectivity index (χ0) is 11.3. The van der Waals surface area contributed by atoms with Gasteiger partial charge in [0.25, 0.3) is 0 Å². The Morgan fingerprint density at radius 2 is 2.07 bits per heavy atom. The second-order valence-corrected chi connectivity index (χ2v) is 4.31. The van der Waals surface area contributed by atoms with Crippen LogP contribution in [-0.2, 0) is 6.54 Å². The second-order valence-electron chi connectivity index (χ2n) is 4.31. The molecule has 84 valence electrons. The third kappa shape index (κ3) is 3.92. The Morgan fingerprint density at radius 1 is 1.33 bits per heavy atom. The van der Waals surface area contributed by atoms with Gasteiger partial charge in [-0.3, -0.25) is 4.90 Å². The zero-order valence-electron chi connectivity index (χ0n) is 10.0. The van der Waals surface area contributed by atoms with E-state index >= 15 is 0 Å². The average molecular weight is 206 g/mol. The Morgan fingerprint density at radius 3 is 2.60 bits per heavy atom. The van der Waals surface area contributed by atoms with Crippen LogP contribution in [0.25, 0.3) is 0 Å². The first-order valence-electron chi connectivity index (χ1n) is 5.72. The van der Waals surface area contributed by atoms with Crippen LogP contribution in [0.2, 0.25) is 0 Å². The first-order chi connectivity index (χ1) is 7.13. The summed E-state index contributed by atoms with van der Waals surface area (Å²) in [4.78, 5) is 2.47. The van der Waals surface area contributed by atoms with E-state index in [1.165, 1.54) is 12.0 Å². The molecule has 0 aliphatic heterocycles. The fraction of sp³-hybridized carbons (Fsp3) is 0.538.